The maximum atomic E-state index is 12.5. The lowest BCUT2D eigenvalue weighted by Crippen LogP contribution is -2.09. The molecule has 0 atom stereocenters. The lowest BCUT2D eigenvalue weighted by atomic mass is 9.98. The van der Waals surface area contributed by atoms with Gasteiger partial charge in [0.25, 0.3) is 6.43 Å². The highest BCUT2D eigenvalue weighted by molar-refractivity contribution is 5.92. The molecule has 0 spiro atoms. The Morgan fingerprint density at radius 1 is 1.59 bits per heavy atom. The average molecular weight is 241 g/mol. The second-order valence-corrected chi connectivity index (χ2v) is 3.16. The van der Waals surface area contributed by atoms with Crippen LogP contribution in [0.1, 0.15) is 33.5 Å². The second kappa shape index (κ2) is 5.37. The molecule has 0 heterocycles. The fourth-order valence-electron chi connectivity index (χ4n) is 1.38. The molecule has 90 valence electrons. The first-order chi connectivity index (χ1) is 8.04. The van der Waals surface area contributed by atoms with Crippen molar-refractivity contribution in [1.29, 1.82) is 5.26 Å². The van der Waals surface area contributed by atoms with Gasteiger partial charge in [0.2, 0.25) is 0 Å². The monoisotopic (exact) mass is 241 g/mol. The molecule has 6 heteroatoms. The third-order valence-corrected chi connectivity index (χ3v) is 2.21. The molecule has 1 aromatic rings. The Kier molecular flexibility index (Phi) is 4.12. The van der Waals surface area contributed by atoms with Gasteiger partial charge in [-0.2, -0.15) is 5.26 Å². The van der Waals surface area contributed by atoms with Crippen LogP contribution in [0.5, 0.6) is 0 Å². The lowest BCUT2D eigenvalue weighted by molar-refractivity contribution is 0.0596. The van der Waals surface area contributed by atoms with Crippen LogP contribution in [0.2, 0.25) is 0 Å². The SMILES string of the molecule is COC(=O)c1cc(C(F)F)cc(C#N)c1CO. The normalized spacial score (nSPS) is 10.1. The molecule has 1 aromatic carbocycles. The van der Waals surface area contributed by atoms with Crippen LogP contribution in [-0.4, -0.2) is 18.2 Å². The van der Waals surface area contributed by atoms with E-state index in [0.29, 0.717) is 0 Å². The Labute approximate surface area is 96.0 Å². The van der Waals surface area contributed by atoms with E-state index in [4.69, 9.17) is 10.4 Å². The fourth-order valence-corrected chi connectivity index (χ4v) is 1.38. The van der Waals surface area contributed by atoms with E-state index >= 15 is 0 Å². The number of benzene rings is 1. The summed E-state index contributed by atoms with van der Waals surface area (Å²) in [5.41, 5.74) is -0.849. The van der Waals surface area contributed by atoms with Gasteiger partial charge >= 0.3 is 5.97 Å². The highest BCUT2D eigenvalue weighted by Crippen LogP contribution is 2.25. The molecule has 0 fully saturated rings. The van der Waals surface area contributed by atoms with Crippen LogP contribution in [0.25, 0.3) is 0 Å². The van der Waals surface area contributed by atoms with E-state index in [9.17, 15) is 13.6 Å². The number of methoxy groups -OCH3 is 1. The number of hydrogen-bond acceptors (Lipinski definition) is 4. The minimum atomic E-state index is -2.81. The molecule has 0 aliphatic carbocycles. The van der Waals surface area contributed by atoms with Gasteiger partial charge in [-0.15, -0.1) is 0 Å². The van der Waals surface area contributed by atoms with Crippen molar-refractivity contribution in [1.82, 2.24) is 0 Å². The molecule has 0 radical (unpaired) electrons. The molecule has 0 unspecified atom stereocenters. The Balaban J connectivity index is 3.49. The van der Waals surface area contributed by atoms with Crippen molar-refractivity contribution in [2.24, 2.45) is 0 Å². The van der Waals surface area contributed by atoms with Crippen LogP contribution in [0.4, 0.5) is 8.78 Å². The first kappa shape index (κ1) is 13.1. The van der Waals surface area contributed by atoms with E-state index in [1.54, 1.807) is 6.07 Å². The second-order valence-electron chi connectivity index (χ2n) is 3.16. The van der Waals surface area contributed by atoms with Gasteiger partial charge < -0.3 is 9.84 Å². The van der Waals surface area contributed by atoms with E-state index in [1.165, 1.54) is 0 Å². The van der Waals surface area contributed by atoms with Gasteiger partial charge in [-0.05, 0) is 12.1 Å². The number of hydrogen-bond donors (Lipinski definition) is 1. The molecule has 0 bridgehead atoms. The Morgan fingerprint density at radius 2 is 2.24 bits per heavy atom. The van der Waals surface area contributed by atoms with E-state index in [1.807, 2.05) is 0 Å². The minimum absolute atomic E-state index is 0.0104. The highest BCUT2D eigenvalue weighted by atomic mass is 19.3. The van der Waals surface area contributed by atoms with Crippen molar-refractivity contribution in [3.05, 3.63) is 34.4 Å². The van der Waals surface area contributed by atoms with Crippen molar-refractivity contribution in [2.45, 2.75) is 13.0 Å². The van der Waals surface area contributed by atoms with Crippen LogP contribution >= 0.6 is 0 Å². The minimum Gasteiger partial charge on any atom is -0.465 e. The van der Waals surface area contributed by atoms with Crippen LogP contribution in [0, 0.1) is 11.3 Å². The molecule has 4 nitrogen and oxygen atoms in total. The number of nitriles is 1. The zero-order valence-corrected chi connectivity index (χ0v) is 8.91. The summed E-state index contributed by atoms with van der Waals surface area (Å²) in [7, 11) is 1.09. The molecule has 0 aromatic heterocycles. The van der Waals surface area contributed by atoms with Crippen molar-refractivity contribution in [3.63, 3.8) is 0 Å². The number of aliphatic hydroxyl groups is 1. The summed E-state index contributed by atoms with van der Waals surface area (Å²) in [6.07, 6.45) is -2.81. The third-order valence-electron chi connectivity index (χ3n) is 2.21. The predicted molar refractivity (Wildman–Crippen MR) is 53.4 cm³/mol. The maximum absolute atomic E-state index is 12.5. The van der Waals surface area contributed by atoms with Crippen LogP contribution in [-0.2, 0) is 11.3 Å². The number of aliphatic hydroxyl groups excluding tert-OH is 1. The summed E-state index contributed by atoms with van der Waals surface area (Å²) >= 11 is 0. The number of carbonyl (C=O) groups is 1. The summed E-state index contributed by atoms with van der Waals surface area (Å²) < 4.78 is 29.5. The first-order valence-electron chi connectivity index (χ1n) is 4.59. The molecule has 1 rings (SSSR count). The van der Waals surface area contributed by atoms with Crippen molar-refractivity contribution >= 4 is 5.97 Å². The summed E-state index contributed by atoms with van der Waals surface area (Å²) in [4.78, 5) is 11.3. The average Bonchev–Trinajstić information content (AvgIpc) is 2.35. The van der Waals surface area contributed by atoms with Gasteiger partial charge in [-0.25, -0.2) is 13.6 Å². The number of nitrogens with zero attached hydrogens (tertiary/aromatic N) is 1. The van der Waals surface area contributed by atoms with Crippen molar-refractivity contribution in [3.8, 4) is 6.07 Å². The van der Waals surface area contributed by atoms with Crippen molar-refractivity contribution in [2.75, 3.05) is 7.11 Å². The molecule has 0 aliphatic heterocycles. The Morgan fingerprint density at radius 3 is 2.65 bits per heavy atom. The quantitative estimate of drug-likeness (QED) is 0.819. The van der Waals surface area contributed by atoms with Crippen LogP contribution in [0.3, 0.4) is 0 Å². The molecule has 0 amide bonds. The number of carbonyl (C=O) groups excluding carboxylic acids is 1. The number of ether oxygens (including phenoxy) is 1. The van der Waals surface area contributed by atoms with Gasteiger partial charge in [0.1, 0.15) is 0 Å². The summed E-state index contributed by atoms with van der Waals surface area (Å²) in [5, 5.41) is 17.8. The number of alkyl halides is 2. The van der Waals surface area contributed by atoms with Crippen LogP contribution in [0.15, 0.2) is 12.1 Å². The lowest BCUT2D eigenvalue weighted by Gasteiger charge is -2.10. The fraction of sp³-hybridized carbons (Fsp3) is 0.273. The number of rotatable bonds is 3. The van der Waals surface area contributed by atoms with Crippen LogP contribution < -0.4 is 0 Å². The van der Waals surface area contributed by atoms with Crippen molar-refractivity contribution < 1.29 is 23.4 Å². The molecule has 0 saturated carbocycles. The summed E-state index contributed by atoms with van der Waals surface area (Å²) in [6, 6.07) is 3.53. The smallest absolute Gasteiger partial charge is 0.338 e. The number of halogens is 2. The van der Waals surface area contributed by atoms with E-state index in [0.717, 1.165) is 19.2 Å². The zero-order chi connectivity index (χ0) is 13.0. The first-order valence-corrected chi connectivity index (χ1v) is 4.59. The predicted octanol–water partition coefficient (Wildman–Crippen LogP) is 1.77. The number of esters is 1. The van der Waals surface area contributed by atoms with Gasteiger partial charge in [0.15, 0.2) is 0 Å². The van der Waals surface area contributed by atoms with E-state index in [2.05, 4.69) is 4.74 Å². The van der Waals surface area contributed by atoms with Gasteiger partial charge in [0.05, 0.1) is 30.9 Å². The molecule has 0 aliphatic rings. The zero-order valence-electron chi connectivity index (χ0n) is 8.91. The maximum Gasteiger partial charge on any atom is 0.338 e. The topological polar surface area (TPSA) is 70.3 Å². The molecular formula is C11H9F2NO3. The summed E-state index contributed by atoms with van der Waals surface area (Å²) in [6.45, 7) is -0.600. The Hall–Kier alpha value is -2.00. The Bertz CT molecular complexity index is 480. The van der Waals surface area contributed by atoms with E-state index < -0.39 is 24.6 Å². The van der Waals surface area contributed by atoms with Gasteiger partial charge in [-0.3, -0.25) is 0 Å². The largest absolute Gasteiger partial charge is 0.465 e. The molecule has 0 saturated heterocycles. The van der Waals surface area contributed by atoms with E-state index in [-0.39, 0.29) is 16.7 Å². The highest BCUT2D eigenvalue weighted by Gasteiger charge is 2.19. The van der Waals surface area contributed by atoms with Gasteiger partial charge in [0, 0.05) is 11.1 Å². The molecule has 1 N–H and O–H groups in total. The summed E-state index contributed by atoms with van der Waals surface area (Å²) in [5.74, 6) is -0.868. The third kappa shape index (κ3) is 2.57. The molecular weight excluding hydrogens is 232 g/mol. The molecule has 17 heavy (non-hydrogen) atoms. The van der Waals surface area contributed by atoms with Gasteiger partial charge in [-0.1, -0.05) is 0 Å². The standard InChI is InChI=1S/C11H9F2NO3/c1-17-11(16)8-3-6(10(12)13)2-7(4-14)9(8)5-15/h2-3,10,15H,5H2,1H3.